The molecule has 0 saturated heterocycles. The molecule has 0 spiro atoms. The normalized spacial score (nSPS) is 16.7. The molecule has 7 nitrogen and oxygen atoms in total. The molecule has 0 bridgehead atoms. The van der Waals surface area contributed by atoms with Gasteiger partial charge in [0, 0.05) is 22.0 Å². The highest BCUT2D eigenvalue weighted by atomic mass is 35.5. The van der Waals surface area contributed by atoms with Crippen LogP contribution < -0.4 is 9.62 Å². The van der Waals surface area contributed by atoms with Gasteiger partial charge < -0.3 is 15.5 Å². The Hall–Kier alpha value is -3.11. The number of rotatable bonds is 8. The molecule has 17 heteroatoms. The number of fused-ring (bicyclic) bond motifs is 1. The minimum absolute atomic E-state index is 0.202. The lowest BCUT2D eigenvalue weighted by molar-refractivity contribution is -0.376. The number of anilines is 1. The first-order chi connectivity index (χ1) is 20.8. The smallest absolute Gasteiger partial charge is 0.394 e. The lowest BCUT2D eigenvalue weighted by atomic mass is 9.87. The van der Waals surface area contributed by atoms with Crippen LogP contribution in [0.15, 0.2) is 65.6 Å². The van der Waals surface area contributed by atoms with Gasteiger partial charge in [-0.3, -0.25) is 9.10 Å². The summed E-state index contributed by atoms with van der Waals surface area (Å²) in [6.07, 6.45) is -13.5. The maximum absolute atomic E-state index is 13.8. The molecule has 2 atom stereocenters. The van der Waals surface area contributed by atoms with Crippen LogP contribution >= 0.6 is 23.2 Å². The van der Waals surface area contributed by atoms with E-state index in [0.717, 1.165) is 24.3 Å². The number of benzene rings is 3. The van der Waals surface area contributed by atoms with Crippen LogP contribution in [0.5, 0.6) is 0 Å². The third-order valence-electron chi connectivity index (χ3n) is 7.23. The fourth-order valence-electron chi connectivity index (χ4n) is 5.06. The lowest BCUT2D eigenvalue weighted by Crippen LogP contribution is -2.54. The largest absolute Gasteiger partial charge is 0.430 e. The molecule has 4 rings (SSSR count). The van der Waals surface area contributed by atoms with Gasteiger partial charge in [-0.05, 0) is 72.5 Å². The summed E-state index contributed by atoms with van der Waals surface area (Å²) in [5.41, 5.74) is -7.15. The van der Waals surface area contributed by atoms with Gasteiger partial charge in [0.25, 0.3) is 15.6 Å². The van der Waals surface area contributed by atoms with Gasteiger partial charge >= 0.3 is 12.4 Å². The molecule has 2 unspecified atom stereocenters. The average molecular weight is 703 g/mol. The maximum Gasteiger partial charge on any atom is 0.430 e. The van der Waals surface area contributed by atoms with Crippen molar-refractivity contribution in [1.29, 1.82) is 0 Å². The fraction of sp³-hybridized carbons (Fsp3) is 0.321. The van der Waals surface area contributed by atoms with E-state index in [1.807, 2.05) is 0 Å². The predicted molar refractivity (Wildman–Crippen MR) is 150 cm³/mol. The van der Waals surface area contributed by atoms with Crippen LogP contribution in [0.4, 0.5) is 36.4 Å². The monoisotopic (exact) mass is 702 g/mol. The standard InChI is InChI=1S/C28H23Cl2F7N2O5S/c29-18-10-16(11-19(30)12-18)23(14-40)38-25(41)13-21-5-1-15-9-17(26(42,27(32,33)34)28(35,36)37)2-8-24(15)39(21)45(43,44)22-6-3-20(31)4-7-22/h2-4,6-12,21,23,40,42H,1,5,13-14H2,(H,38,41). The molecule has 3 N–H and O–H groups in total. The highest BCUT2D eigenvalue weighted by molar-refractivity contribution is 7.92. The zero-order valence-corrected chi connectivity index (χ0v) is 25.0. The zero-order chi connectivity index (χ0) is 33.5. The van der Waals surface area contributed by atoms with Gasteiger partial charge in [-0.15, -0.1) is 0 Å². The number of aryl methyl sites for hydroxylation is 1. The van der Waals surface area contributed by atoms with E-state index >= 15 is 0 Å². The molecule has 0 saturated carbocycles. The summed E-state index contributed by atoms with van der Waals surface area (Å²) in [5, 5.41) is 22.7. The number of halogens is 9. The number of alkyl halides is 6. The Morgan fingerprint density at radius 1 is 0.956 bits per heavy atom. The topological polar surface area (TPSA) is 107 Å². The van der Waals surface area contributed by atoms with Crippen LogP contribution in [0, 0.1) is 5.82 Å². The van der Waals surface area contributed by atoms with Gasteiger partial charge in [0.1, 0.15) is 5.82 Å². The highest BCUT2D eigenvalue weighted by Gasteiger charge is 2.71. The molecule has 0 radical (unpaired) electrons. The van der Waals surface area contributed by atoms with Crippen LogP contribution in [-0.4, -0.2) is 49.5 Å². The Labute approximate surface area is 262 Å². The van der Waals surface area contributed by atoms with E-state index in [1.165, 1.54) is 18.2 Å². The number of aliphatic hydroxyl groups excluding tert-OH is 1. The van der Waals surface area contributed by atoms with E-state index < -0.39 is 75.3 Å². The second kappa shape index (κ2) is 12.6. The molecule has 1 aliphatic heterocycles. The molecule has 1 heterocycles. The first kappa shape index (κ1) is 34.8. The number of sulfonamides is 1. The molecule has 0 fully saturated rings. The van der Waals surface area contributed by atoms with Gasteiger partial charge in [-0.1, -0.05) is 35.3 Å². The maximum atomic E-state index is 13.8. The zero-order valence-electron chi connectivity index (χ0n) is 22.6. The first-order valence-electron chi connectivity index (χ1n) is 12.9. The van der Waals surface area contributed by atoms with Crippen molar-refractivity contribution in [3.05, 3.63) is 93.2 Å². The molecule has 3 aromatic rings. The second-order valence-electron chi connectivity index (χ2n) is 10.2. The number of carbonyl (C=O) groups is 1. The number of carbonyl (C=O) groups excluding carboxylic acids is 1. The molecule has 45 heavy (non-hydrogen) atoms. The Balaban J connectivity index is 1.75. The van der Waals surface area contributed by atoms with Gasteiger partial charge in [-0.2, -0.15) is 26.3 Å². The summed E-state index contributed by atoms with van der Waals surface area (Å²) in [6.45, 7) is -0.613. The third-order valence-corrected chi connectivity index (χ3v) is 9.55. The predicted octanol–water partition coefficient (Wildman–Crippen LogP) is 6.19. The Kier molecular flexibility index (Phi) is 9.72. The van der Waals surface area contributed by atoms with Crippen LogP contribution in [0.1, 0.15) is 35.6 Å². The van der Waals surface area contributed by atoms with E-state index in [9.17, 15) is 54.2 Å². The van der Waals surface area contributed by atoms with Crippen molar-refractivity contribution in [3.8, 4) is 0 Å². The molecule has 1 amide bonds. The van der Waals surface area contributed by atoms with Crippen molar-refractivity contribution >= 4 is 44.8 Å². The highest BCUT2D eigenvalue weighted by Crippen LogP contribution is 2.51. The summed E-state index contributed by atoms with van der Waals surface area (Å²) in [5.74, 6) is -1.57. The van der Waals surface area contributed by atoms with Crippen LogP contribution in [-0.2, 0) is 26.8 Å². The second-order valence-corrected chi connectivity index (χ2v) is 12.9. The van der Waals surface area contributed by atoms with E-state index in [1.54, 1.807) is 0 Å². The minimum Gasteiger partial charge on any atom is -0.394 e. The Morgan fingerprint density at radius 2 is 1.53 bits per heavy atom. The van der Waals surface area contributed by atoms with Crippen LogP contribution in [0.3, 0.4) is 0 Å². The number of nitrogens with one attached hydrogen (secondary N) is 1. The van der Waals surface area contributed by atoms with Gasteiger partial charge in [0.15, 0.2) is 0 Å². The quantitative estimate of drug-likeness (QED) is 0.243. The SMILES string of the molecule is O=C(CC1CCc2cc(C(O)(C(F)(F)F)C(F)(F)F)ccc2N1S(=O)(=O)c1ccc(F)cc1)NC(CO)c1cc(Cl)cc(Cl)c1. The first-order valence-corrected chi connectivity index (χ1v) is 15.1. The summed E-state index contributed by atoms with van der Waals surface area (Å²) in [6, 6.07) is 6.89. The number of nitrogens with zero attached hydrogens (tertiary/aromatic N) is 1. The third kappa shape index (κ3) is 6.87. The van der Waals surface area contributed by atoms with Crippen LogP contribution in [0.2, 0.25) is 10.0 Å². The summed E-state index contributed by atoms with van der Waals surface area (Å²) < 4.78 is 123. The van der Waals surface area contributed by atoms with Crippen molar-refractivity contribution in [2.45, 2.75) is 54.2 Å². The Morgan fingerprint density at radius 3 is 2.07 bits per heavy atom. The van der Waals surface area contributed by atoms with Gasteiger partial charge in [0.05, 0.1) is 29.3 Å². The molecule has 0 aromatic heterocycles. The van der Waals surface area contributed by atoms with Crippen molar-refractivity contribution in [3.63, 3.8) is 0 Å². The molecular weight excluding hydrogens is 680 g/mol. The van der Waals surface area contributed by atoms with Gasteiger partial charge in [-0.25, -0.2) is 12.8 Å². The molecular formula is C28H23Cl2F7N2O5S. The summed E-state index contributed by atoms with van der Waals surface area (Å²) in [7, 11) is -4.69. The van der Waals surface area contributed by atoms with Crippen molar-refractivity contribution < 1.29 is 54.2 Å². The van der Waals surface area contributed by atoms with E-state index in [4.69, 9.17) is 23.2 Å². The van der Waals surface area contributed by atoms with Crippen molar-refractivity contribution in [2.75, 3.05) is 10.9 Å². The summed E-state index contributed by atoms with van der Waals surface area (Å²) >= 11 is 12.0. The van der Waals surface area contributed by atoms with E-state index in [0.29, 0.717) is 28.1 Å². The summed E-state index contributed by atoms with van der Waals surface area (Å²) in [4.78, 5) is 12.7. The van der Waals surface area contributed by atoms with Gasteiger partial charge in [0.2, 0.25) is 5.91 Å². The van der Waals surface area contributed by atoms with E-state index in [2.05, 4.69) is 5.32 Å². The fourth-order valence-corrected chi connectivity index (χ4v) is 7.32. The van der Waals surface area contributed by atoms with Crippen molar-refractivity contribution in [2.24, 2.45) is 0 Å². The molecule has 0 aliphatic carbocycles. The van der Waals surface area contributed by atoms with Crippen molar-refractivity contribution in [1.82, 2.24) is 5.32 Å². The lowest BCUT2D eigenvalue weighted by Gasteiger charge is -2.39. The Bertz CT molecular complexity index is 1650. The van der Waals surface area contributed by atoms with Crippen LogP contribution in [0.25, 0.3) is 0 Å². The molecule has 3 aromatic carbocycles. The molecule has 244 valence electrons. The average Bonchev–Trinajstić information content (AvgIpc) is 2.93. The molecule has 1 aliphatic rings. The number of hydrogen-bond acceptors (Lipinski definition) is 5. The van der Waals surface area contributed by atoms with E-state index in [-0.39, 0.29) is 34.1 Å². The number of amides is 1. The minimum atomic E-state index is -6.18. The number of hydrogen-bond donors (Lipinski definition) is 3. The number of aliphatic hydroxyl groups is 2.